The van der Waals surface area contributed by atoms with Crippen LogP contribution in [-0.4, -0.2) is 5.91 Å². The highest BCUT2D eigenvalue weighted by atomic mass is 16.1. The third kappa shape index (κ3) is 1.43. The lowest BCUT2D eigenvalue weighted by atomic mass is 10.0. The average molecular weight is 187 g/mol. The van der Waals surface area contributed by atoms with Crippen LogP contribution in [0.25, 0.3) is 5.57 Å². The first-order chi connectivity index (χ1) is 6.68. The predicted molar refractivity (Wildman–Crippen MR) is 57.9 cm³/mol. The molecule has 0 aromatic heterocycles. The Balaban J connectivity index is 2.50. The second kappa shape index (κ2) is 3.29. The monoisotopic (exact) mass is 187 g/mol. The molecular weight excluding hydrogens is 174 g/mol. The molecule has 14 heavy (non-hydrogen) atoms. The number of hydrogen-bond acceptors (Lipinski definition) is 1. The van der Waals surface area contributed by atoms with E-state index < -0.39 is 0 Å². The van der Waals surface area contributed by atoms with Gasteiger partial charge in [-0.05, 0) is 12.0 Å². The summed E-state index contributed by atoms with van der Waals surface area (Å²) in [7, 11) is 0. The van der Waals surface area contributed by atoms with Crippen LogP contribution in [0.15, 0.2) is 30.3 Å². The van der Waals surface area contributed by atoms with Gasteiger partial charge in [0.15, 0.2) is 0 Å². The molecule has 0 atom stereocenters. The Hall–Kier alpha value is -1.57. The van der Waals surface area contributed by atoms with Gasteiger partial charge in [0.2, 0.25) is 0 Å². The molecule has 72 valence electrons. The smallest absolute Gasteiger partial charge is 0.256 e. The van der Waals surface area contributed by atoms with Crippen LogP contribution in [-0.2, 0) is 4.79 Å². The van der Waals surface area contributed by atoms with Crippen LogP contribution in [0.4, 0.5) is 5.69 Å². The summed E-state index contributed by atoms with van der Waals surface area (Å²) in [6.45, 7) is 4.14. The van der Waals surface area contributed by atoms with Crippen LogP contribution in [0.5, 0.6) is 0 Å². The van der Waals surface area contributed by atoms with E-state index in [2.05, 4.69) is 19.2 Å². The summed E-state index contributed by atoms with van der Waals surface area (Å²) in [4.78, 5) is 11.6. The normalized spacial score (nSPS) is 17.4. The van der Waals surface area contributed by atoms with Crippen molar-refractivity contribution in [1.82, 2.24) is 0 Å². The van der Waals surface area contributed by atoms with Gasteiger partial charge in [0.05, 0.1) is 0 Å². The molecule has 0 unspecified atom stereocenters. The quantitative estimate of drug-likeness (QED) is 0.673. The molecule has 1 aromatic carbocycles. The number of carbonyl (C=O) groups is 1. The maximum Gasteiger partial charge on any atom is 0.256 e. The summed E-state index contributed by atoms with van der Waals surface area (Å²) in [5, 5.41) is 2.85. The van der Waals surface area contributed by atoms with E-state index >= 15 is 0 Å². The Morgan fingerprint density at radius 3 is 2.71 bits per heavy atom. The van der Waals surface area contributed by atoms with Gasteiger partial charge in [-0.25, -0.2) is 0 Å². The fourth-order valence-electron chi connectivity index (χ4n) is 1.64. The predicted octanol–water partition coefficient (Wildman–Crippen LogP) is 2.68. The number of allylic oxidation sites excluding steroid dienone is 1. The summed E-state index contributed by atoms with van der Waals surface area (Å²) in [5.41, 5.74) is 2.74. The first kappa shape index (κ1) is 9.00. The number of amides is 1. The second-order valence-corrected chi connectivity index (χ2v) is 3.82. The topological polar surface area (TPSA) is 29.1 Å². The zero-order valence-corrected chi connectivity index (χ0v) is 8.37. The number of fused-ring (bicyclic) bond motifs is 1. The molecule has 1 amide bonds. The molecule has 1 N–H and O–H groups in total. The van der Waals surface area contributed by atoms with Crippen molar-refractivity contribution < 1.29 is 4.79 Å². The largest absolute Gasteiger partial charge is 0.321 e. The molecule has 1 aromatic rings. The molecule has 1 aliphatic heterocycles. The van der Waals surface area contributed by atoms with Gasteiger partial charge in [-0.1, -0.05) is 38.1 Å². The van der Waals surface area contributed by atoms with E-state index in [1.54, 1.807) is 0 Å². The van der Waals surface area contributed by atoms with E-state index in [4.69, 9.17) is 0 Å². The first-order valence-corrected chi connectivity index (χ1v) is 4.81. The number of rotatable bonds is 1. The van der Waals surface area contributed by atoms with Crippen molar-refractivity contribution in [3.63, 3.8) is 0 Å². The SMILES string of the molecule is CC(C)/C=C1\C(=O)Nc2ccccc21. The van der Waals surface area contributed by atoms with Crippen molar-refractivity contribution in [3.8, 4) is 0 Å². The lowest BCUT2D eigenvalue weighted by Crippen LogP contribution is -2.04. The summed E-state index contributed by atoms with van der Waals surface area (Å²) in [6.07, 6.45) is 2.00. The molecule has 0 spiro atoms. The van der Waals surface area contributed by atoms with Crippen LogP contribution in [0.3, 0.4) is 0 Å². The lowest BCUT2D eigenvalue weighted by Gasteiger charge is -1.99. The fraction of sp³-hybridized carbons (Fsp3) is 0.250. The van der Waals surface area contributed by atoms with Crippen molar-refractivity contribution in [1.29, 1.82) is 0 Å². The molecule has 0 saturated heterocycles. The number of carbonyl (C=O) groups excluding carboxylic acids is 1. The minimum absolute atomic E-state index is 0.0138. The summed E-state index contributed by atoms with van der Waals surface area (Å²) in [6, 6.07) is 7.78. The molecule has 2 heteroatoms. The molecule has 0 saturated carbocycles. The van der Waals surface area contributed by atoms with E-state index in [1.807, 2.05) is 30.3 Å². The summed E-state index contributed by atoms with van der Waals surface area (Å²) in [5.74, 6) is 0.404. The molecule has 2 rings (SSSR count). The van der Waals surface area contributed by atoms with E-state index in [0.717, 1.165) is 16.8 Å². The molecule has 1 heterocycles. The van der Waals surface area contributed by atoms with Crippen molar-refractivity contribution in [2.75, 3.05) is 5.32 Å². The highest BCUT2D eigenvalue weighted by Gasteiger charge is 2.22. The van der Waals surface area contributed by atoms with Crippen LogP contribution in [0, 0.1) is 5.92 Å². The van der Waals surface area contributed by atoms with Crippen LogP contribution in [0.2, 0.25) is 0 Å². The third-order valence-electron chi connectivity index (χ3n) is 2.21. The minimum atomic E-state index is 0.0138. The van der Waals surface area contributed by atoms with Crippen LogP contribution in [0.1, 0.15) is 19.4 Å². The number of para-hydroxylation sites is 1. The van der Waals surface area contributed by atoms with E-state index in [0.29, 0.717) is 5.92 Å². The van der Waals surface area contributed by atoms with Gasteiger partial charge < -0.3 is 5.32 Å². The molecular formula is C12H13NO. The number of anilines is 1. The molecule has 2 nitrogen and oxygen atoms in total. The molecule has 0 fully saturated rings. The Kier molecular flexibility index (Phi) is 2.12. The molecule has 1 aliphatic rings. The van der Waals surface area contributed by atoms with Crippen molar-refractivity contribution >= 4 is 17.2 Å². The Morgan fingerprint density at radius 1 is 1.29 bits per heavy atom. The molecule has 0 radical (unpaired) electrons. The lowest BCUT2D eigenvalue weighted by molar-refractivity contribution is -0.110. The van der Waals surface area contributed by atoms with Crippen LogP contribution < -0.4 is 5.32 Å². The molecule has 0 bridgehead atoms. The van der Waals surface area contributed by atoms with Gasteiger partial charge in [0, 0.05) is 16.8 Å². The van der Waals surface area contributed by atoms with Crippen molar-refractivity contribution in [2.24, 2.45) is 5.92 Å². The van der Waals surface area contributed by atoms with E-state index in [1.165, 1.54) is 0 Å². The highest BCUT2D eigenvalue weighted by Crippen LogP contribution is 2.31. The number of hydrogen-bond donors (Lipinski definition) is 1. The average Bonchev–Trinajstić information content (AvgIpc) is 2.43. The van der Waals surface area contributed by atoms with Crippen LogP contribution >= 0.6 is 0 Å². The summed E-state index contributed by atoms with van der Waals surface area (Å²) < 4.78 is 0. The number of nitrogens with one attached hydrogen (secondary N) is 1. The van der Waals surface area contributed by atoms with Gasteiger partial charge in [-0.15, -0.1) is 0 Å². The van der Waals surface area contributed by atoms with Crippen molar-refractivity contribution in [2.45, 2.75) is 13.8 Å². The van der Waals surface area contributed by atoms with Gasteiger partial charge >= 0.3 is 0 Å². The van der Waals surface area contributed by atoms with Gasteiger partial charge in [-0.3, -0.25) is 4.79 Å². The fourth-order valence-corrected chi connectivity index (χ4v) is 1.64. The van der Waals surface area contributed by atoms with Gasteiger partial charge in [0.25, 0.3) is 5.91 Å². The highest BCUT2D eigenvalue weighted by molar-refractivity contribution is 6.31. The third-order valence-corrected chi connectivity index (χ3v) is 2.21. The van der Waals surface area contributed by atoms with Gasteiger partial charge in [-0.2, -0.15) is 0 Å². The zero-order valence-electron chi connectivity index (χ0n) is 8.37. The van der Waals surface area contributed by atoms with E-state index in [9.17, 15) is 4.79 Å². The van der Waals surface area contributed by atoms with Gasteiger partial charge in [0.1, 0.15) is 0 Å². The number of benzene rings is 1. The first-order valence-electron chi connectivity index (χ1n) is 4.81. The second-order valence-electron chi connectivity index (χ2n) is 3.82. The van der Waals surface area contributed by atoms with Crippen molar-refractivity contribution in [3.05, 3.63) is 35.9 Å². The maximum atomic E-state index is 11.6. The maximum absolute atomic E-state index is 11.6. The Labute approximate surface area is 83.6 Å². The zero-order chi connectivity index (χ0) is 10.1. The summed E-state index contributed by atoms with van der Waals surface area (Å²) >= 11 is 0. The van der Waals surface area contributed by atoms with E-state index in [-0.39, 0.29) is 5.91 Å². The standard InChI is InChI=1S/C12H13NO/c1-8(2)7-10-9-5-3-4-6-11(9)13-12(10)14/h3-8H,1-2H3,(H,13,14)/b10-7-. The molecule has 0 aliphatic carbocycles. The minimum Gasteiger partial charge on any atom is -0.321 e. The Bertz CT molecular complexity index is 405. The Morgan fingerprint density at radius 2 is 2.00 bits per heavy atom.